The van der Waals surface area contributed by atoms with Gasteiger partial charge in [-0.3, -0.25) is 9.69 Å². The number of nitrogens with one attached hydrogen (secondary N) is 2. The lowest BCUT2D eigenvalue weighted by atomic mass is 10.3. The first-order valence-corrected chi connectivity index (χ1v) is 10.3. The highest BCUT2D eigenvalue weighted by Crippen LogP contribution is 2.27. The van der Waals surface area contributed by atoms with Gasteiger partial charge in [-0.2, -0.15) is 0 Å². The molecule has 1 amide bonds. The van der Waals surface area contributed by atoms with Crippen molar-refractivity contribution in [3.8, 4) is 0 Å². The molecular formula is C19H21ClN6OS. The summed E-state index contributed by atoms with van der Waals surface area (Å²) in [5.74, 6) is 0.678. The van der Waals surface area contributed by atoms with E-state index in [0.29, 0.717) is 22.5 Å². The number of hydrogen-bond donors (Lipinski definition) is 2. The van der Waals surface area contributed by atoms with Crippen molar-refractivity contribution >= 4 is 55.8 Å². The molecule has 0 saturated carbocycles. The molecule has 0 spiro atoms. The molecule has 1 aromatic carbocycles. The summed E-state index contributed by atoms with van der Waals surface area (Å²) in [6.07, 6.45) is 0. The van der Waals surface area contributed by atoms with E-state index < -0.39 is 0 Å². The molecule has 0 unspecified atom stereocenters. The maximum Gasteiger partial charge on any atom is 0.240 e. The van der Waals surface area contributed by atoms with Gasteiger partial charge < -0.3 is 15.5 Å². The van der Waals surface area contributed by atoms with E-state index in [1.54, 1.807) is 0 Å². The van der Waals surface area contributed by atoms with E-state index >= 15 is 0 Å². The van der Waals surface area contributed by atoms with Crippen molar-refractivity contribution < 1.29 is 4.79 Å². The molecule has 1 fully saturated rings. The van der Waals surface area contributed by atoms with E-state index in [9.17, 15) is 4.79 Å². The molecule has 3 heterocycles. The van der Waals surface area contributed by atoms with Crippen molar-refractivity contribution in [2.24, 2.45) is 0 Å². The lowest BCUT2D eigenvalue weighted by Gasteiger charge is -2.31. The molecule has 0 radical (unpaired) electrons. The zero-order valence-corrected chi connectivity index (χ0v) is 17.1. The van der Waals surface area contributed by atoms with Crippen LogP contribution in [0.3, 0.4) is 0 Å². The number of benzene rings is 1. The number of thiazole rings is 1. The first kappa shape index (κ1) is 19.1. The number of fused-ring (bicyclic) bond motifs is 1. The lowest BCUT2D eigenvalue weighted by molar-refractivity contribution is -0.117. The fraction of sp³-hybridized carbons (Fsp3) is 0.316. The van der Waals surface area contributed by atoms with Gasteiger partial charge in [0.2, 0.25) is 5.91 Å². The summed E-state index contributed by atoms with van der Waals surface area (Å²) < 4.78 is 0. The van der Waals surface area contributed by atoms with Crippen molar-refractivity contribution in [2.75, 3.05) is 50.4 Å². The number of aromatic nitrogens is 2. The van der Waals surface area contributed by atoms with Gasteiger partial charge in [0.25, 0.3) is 0 Å². The van der Waals surface area contributed by atoms with Crippen LogP contribution >= 0.6 is 22.9 Å². The third-order valence-corrected chi connectivity index (χ3v) is 5.71. The van der Waals surface area contributed by atoms with Crippen molar-refractivity contribution in [3.05, 3.63) is 41.4 Å². The quantitative estimate of drug-likeness (QED) is 0.665. The third kappa shape index (κ3) is 4.77. The number of piperazine rings is 1. The van der Waals surface area contributed by atoms with Crippen LogP contribution in [0.5, 0.6) is 0 Å². The summed E-state index contributed by atoms with van der Waals surface area (Å²) in [7, 11) is 2.10. The van der Waals surface area contributed by atoms with Gasteiger partial charge in [-0.25, -0.2) is 9.97 Å². The Hall–Kier alpha value is -2.26. The molecule has 3 aromatic rings. The van der Waals surface area contributed by atoms with Gasteiger partial charge in [0.05, 0.1) is 6.54 Å². The Kier molecular flexibility index (Phi) is 5.72. The molecule has 0 aliphatic carbocycles. The molecular weight excluding hydrogens is 396 g/mol. The Morgan fingerprint density at radius 3 is 2.61 bits per heavy atom. The highest BCUT2D eigenvalue weighted by atomic mass is 35.5. The summed E-state index contributed by atoms with van der Waals surface area (Å²) in [5.41, 5.74) is 1.67. The molecule has 28 heavy (non-hydrogen) atoms. The van der Waals surface area contributed by atoms with Crippen LogP contribution in [-0.4, -0.2) is 65.4 Å². The maximum absolute atomic E-state index is 12.3. The lowest BCUT2D eigenvalue weighted by Crippen LogP contribution is -2.47. The zero-order chi connectivity index (χ0) is 19.5. The molecule has 0 bridgehead atoms. The Bertz CT molecular complexity index is 968. The molecule has 4 rings (SSSR count). The fourth-order valence-electron chi connectivity index (χ4n) is 2.99. The second kappa shape index (κ2) is 8.40. The Labute approximate surface area is 172 Å². The van der Waals surface area contributed by atoms with Gasteiger partial charge in [-0.15, -0.1) is 0 Å². The zero-order valence-electron chi connectivity index (χ0n) is 15.5. The molecule has 2 aromatic heterocycles. The van der Waals surface area contributed by atoms with Gasteiger partial charge in [0.15, 0.2) is 5.13 Å². The molecule has 1 saturated heterocycles. The highest BCUT2D eigenvalue weighted by molar-refractivity contribution is 7.22. The number of pyridine rings is 1. The minimum atomic E-state index is -0.0388. The molecule has 0 atom stereocenters. The van der Waals surface area contributed by atoms with E-state index in [1.165, 1.54) is 11.3 Å². The van der Waals surface area contributed by atoms with Crippen LogP contribution in [-0.2, 0) is 4.79 Å². The number of halogens is 1. The van der Waals surface area contributed by atoms with Crippen LogP contribution < -0.4 is 10.6 Å². The largest absolute Gasteiger partial charge is 0.340 e. The molecule has 7 nitrogen and oxygen atoms in total. The van der Waals surface area contributed by atoms with Gasteiger partial charge in [0.1, 0.15) is 16.2 Å². The van der Waals surface area contributed by atoms with E-state index in [4.69, 9.17) is 11.6 Å². The van der Waals surface area contributed by atoms with E-state index in [1.807, 2.05) is 36.4 Å². The SMILES string of the molecule is CN1CCN(CC(=O)Nc2nc3ccc(Nc4ccc(Cl)cc4)nc3s2)CC1. The van der Waals surface area contributed by atoms with Crippen LogP contribution in [0.2, 0.25) is 5.02 Å². The van der Waals surface area contributed by atoms with Crippen molar-refractivity contribution in [2.45, 2.75) is 0 Å². The van der Waals surface area contributed by atoms with Crippen molar-refractivity contribution in [3.63, 3.8) is 0 Å². The molecule has 1 aliphatic rings. The van der Waals surface area contributed by atoms with Crippen LogP contribution in [0, 0.1) is 0 Å². The minimum Gasteiger partial charge on any atom is -0.340 e. The smallest absolute Gasteiger partial charge is 0.240 e. The second-order valence-corrected chi connectivity index (χ2v) is 8.21. The summed E-state index contributed by atoms with van der Waals surface area (Å²) in [5, 5.41) is 7.41. The molecule has 9 heteroatoms. The van der Waals surface area contributed by atoms with Crippen LogP contribution in [0.15, 0.2) is 36.4 Å². The Morgan fingerprint density at radius 2 is 1.86 bits per heavy atom. The molecule has 2 N–H and O–H groups in total. The average Bonchev–Trinajstić information content (AvgIpc) is 3.07. The minimum absolute atomic E-state index is 0.0388. The Balaban J connectivity index is 1.40. The van der Waals surface area contributed by atoms with Gasteiger partial charge in [-0.1, -0.05) is 22.9 Å². The number of amides is 1. The Morgan fingerprint density at radius 1 is 1.11 bits per heavy atom. The first-order valence-electron chi connectivity index (χ1n) is 9.06. The summed E-state index contributed by atoms with van der Waals surface area (Å²) in [4.78, 5) is 26.6. The fourth-order valence-corrected chi connectivity index (χ4v) is 3.97. The van der Waals surface area contributed by atoms with Gasteiger partial charge in [-0.05, 0) is 43.4 Å². The highest BCUT2D eigenvalue weighted by Gasteiger charge is 2.17. The molecule has 1 aliphatic heterocycles. The number of hydrogen-bond acceptors (Lipinski definition) is 7. The number of likely N-dealkylation sites (N-methyl/N-ethyl adjacent to an activating group) is 1. The van der Waals surface area contributed by atoms with E-state index in [-0.39, 0.29) is 5.91 Å². The van der Waals surface area contributed by atoms with Gasteiger partial charge >= 0.3 is 0 Å². The van der Waals surface area contributed by atoms with Crippen molar-refractivity contribution in [1.29, 1.82) is 0 Å². The summed E-state index contributed by atoms with van der Waals surface area (Å²) in [6, 6.07) is 11.2. The van der Waals surface area contributed by atoms with E-state index in [0.717, 1.165) is 42.2 Å². The first-order chi connectivity index (χ1) is 13.5. The predicted octanol–water partition coefficient (Wildman–Crippen LogP) is 3.27. The number of carbonyl (C=O) groups is 1. The third-order valence-electron chi connectivity index (χ3n) is 4.58. The number of rotatable bonds is 5. The summed E-state index contributed by atoms with van der Waals surface area (Å²) in [6.45, 7) is 4.18. The number of carbonyl (C=O) groups excluding carboxylic acids is 1. The number of nitrogens with zero attached hydrogens (tertiary/aromatic N) is 4. The van der Waals surface area contributed by atoms with E-state index in [2.05, 4.69) is 37.4 Å². The normalized spacial score (nSPS) is 15.6. The summed E-state index contributed by atoms with van der Waals surface area (Å²) >= 11 is 7.29. The van der Waals surface area contributed by atoms with Crippen LogP contribution in [0.1, 0.15) is 0 Å². The van der Waals surface area contributed by atoms with Crippen LogP contribution in [0.25, 0.3) is 10.3 Å². The molecule has 146 valence electrons. The van der Waals surface area contributed by atoms with Gasteiger partial charge in [0, 0.05) is 36.9 Å². The second-order valence-electron chi connectivity index (χ2n) is 6.80. The number of anilines is 3. The van der Waals surface area contributed by atoms with Crippen molar-refractivity contribution in [1.82, 2.24) is 19.8 Å². The predicted molar refractivity (Wildman–Crippen MR) is 115 cm³/mol. The monoisotopic (exact) mass is 416 g/mol. The maximum atomic E-state index is 12.3. The standard InChI is InChI=1S/C19H21ClN6OS/c1-25-8-10-26(11-9-25)12-17(27)24-19-22-15-6-7-16(23-18(15)28-19)21-14-4-2-13(20)3-5-14/h2-7H,8-12H2,1H3,(H,21,23)(H,22,24,27). The topological polar surface area (TPSA) is 73.4 Å². The average molecular weight is 417 g/mol. The van der Waals surface area contributed by atoms with Crippen LogP contribution in [0.4, 0.5) is 16.6 Å².